The van der Waals surface area contributed by atoms with Gasteiger partial charge in [0.25, 0.3) is 0 Å². The quantitative estimate of drug-likeness (QED) is 0.792. The van der Waals surface area contributed by atoms with Crippen LogP contribution in [-0.2, 0) is 11.2 Å². The molecule has 0 atom stereocenters. The van der Waals surface area contributed by atoms with E-state index in [1.165, 1.54) is 11.5 Å². The molecule has 15 heavy (non-hydrogen) atoms. The molecule has 1 aliphatic heterocycles. The van der Waals surface area contributed by atoms with Crippen LogP contribution in [0, 0.1) is 0 Å². The van der Waals surface area contributed by atoms with Crippen LogP contribution in [0.3, 0.4) is 0 Å². The van der Waals surface area contributed by atoms with E-state index in [2.05, 4.69) is 4.98 Å². The second-order valence-electron chi connectivity index (χ2n) is 3.93. The standard InChI is InChI=1S/C11H15NO2S/c1-8(13)6-10-7-12-11(14-10)9-2-4-15-5-3-9/h7,9H,2-6H2,1H3. The summed E-state index contributed by atoms with van der Waals surface area (Å²) in [7, 11) is 0. The zero-order chi connectivity index (χ0) is 10.7. The highest BCUT2D eigenvalue weighted by molar-refractivity contribution is 7.99. The van der Waals surface area contributed by atoms with Crippen LogP contribution in [-0.4, -0.2) is 22.3 Å². The summed E-state index contributed by atoms with van der Waals surface area (Å²) in [6.45, 7) is 1.57. The fourth-order valence-corrected chi connectivity index (χ4v) is 2.89. The fourth-order valence-electron chi connectivity index (χ4n) is 1.78. The van der Waals surface area contributed by atoms with Crippen LogP contribution in [0.4, 0.5) is 0 Å². The first-order chi connectivity index (χ1) is 7.25. The van der Waals surface area contributed by atoms with Crippen LogP contribution in [0.1, 0.15) is 37.3 Å². The van der Waals surface area contributed by atoms with Gasteiger partial charge in [0, 0.05) is 5.92 Å². The summed E-state index contributed by atoms with van der Waals surface area (Å²) in [4.78, 5) is 15.2. The van der Waals surface area contributed by atoms with Gasteiger partial charge in [-0.3, -0.25) is 4.79 Å². The van der Waals surface area contributed by atoms with Crippen molar-refractivity contribution in [1.82, 2.24) is 4.98 Å². The van der Waals surface area contributed by atoms with Gasteiger partial charge in [-0.2, -0.15) is 11.8 Å². The lowest BCUT2D eigenvalue weighted by Crippen LogP contribution is -2.07. The molecular formula is C11H15NO2S. The first-order valence-electron chi connectivity index (χ1n) is 5.27. The van der Waals surface area contributed by atoms with E-state index >= 15 is 0 Å². The van der Waals surface area contributed by atoms with E-state index in [1.807, 2.05) is 11.8 Å². The van der Waals surface area contributed by atoms with Gasteiger partial charge in [0.1, 0.15) is 11.5 Å². The van der Waals surface area contributed by atoms with E-state index in [9.17, 15) is 4.79 Å². The van der Waals surface area contributed by atoms with Crippen molar-refractivity contribution in [3.63, 3.8) is 0 Å². The molecule has 0 spiro atoms. The average molecular weight is 225 g/mol. The van der Waals surface area contributed by atoms with Gasteiger partial charge in [-0.25, -0.2) is 4.98 Å². The predicted molar refractivity (Wildman–Crippen MR) is 60.2 cm³/mol. The summed E-state index contributed by atoms with van der Waals surface area (Å²) < 4.78 is 5.59. The van der Waals surface area contributed by atoms with E-state index in [-0.39, 0.29) is 5.78 Å². The molecule has 0 N–H and O–H groups in total. The van der Waals surface area contributed by atoms with Crippen molar-refractivity contribution >= 4 is 17.5 Å². The first kappa shape index (κ1) is 10.7. The van der Waals surface area contributed by atoms with Crippen LogP contribution in [0.25, 0.3) is 0 Å². The van der Waals surface area contributed by atoms with E-state index in [0.717, 1.165) is 18.7 Å². The second kappa shape index (κ2) is 4.84. The molecule has 0 saturated carbocycles. The fraction of sp³-hybridized carbons (Fsp3) is 0.636. The molecule has 2 rings (SSSR count). The number of aromatic nitrogens is 1. The largest absolute Gasteiger partial charge is 0.445 e. The van der Waals surface area contributed by atoms with Crippen LogP contribution < -0.4 is 0 Å². The molecule has 3 nitrogen and oxygen atoms in total. The molecule has 4 heteroatoms. The Balaban J connectivity index is 2.02. The van der Waals surface area contributed by atoms with Crippen LogP contribution >= 0.6 is 11.8 Å². The molecule has 0 amide bonds. The monoisotopic (exact) mass is 225 g/mol. The third kappa shape index (κ3) is 2.84. The summed E-state index contributed by atoms with van der Waals surface area (Å²) in [5.41, 5.74) is 0. The minimum atomic E-state index is 0.122. The van der Waals surface area contributed by atoms with E-state index in [4.69, 9.17) is 4.42 Å². The van der Waals surface area contributed by atoms with Crippen LogP contribution in [0.15, 0.2) is 10.6 Å². The van der Waals surface area contributed by atoms with Crippen molar-refractivity contribution in [3.8, 4) is 0 Å². The smallest absolute Gasteiger partial charge is 0.197 e. The summed E-state index contributed by atoms with van der Waals surface area (Å²) in [5, 5.41) is 0. The summed E-state index contributed by atoms with van der Waals surface area (Å²) in [6.07, 6.45) is 4.35. The Morgan fingerprint density at radius 2 is 2.33 bits per heavy atom. The third-order valence-electron chi connectivity index (χ3n) is 2.57. The minimum absolute atomic E-state index is 0.122. The number of Topliss-reactive ketones (excluding diaryl/α,β-unsaturated/α-hetero) is 1. The highest BCUT2D eigenvalue weighted by Gasteiger charge is 2.20. The zero-order valence-electron chi connectivity index (χ0n) is 8.86. The molecule has 0 unspecified atom stereocenters. The van der Waals surface area contributed by atoms with Gasteiger partial charge in [-0.05, 0) is 31.3 Å². The van der Waals surface area contributed by atoms with E-state index < -0.39 is 0 Å². The second-order valence-corrected chi connectivity index (χ2v) is 5.15. The molecule has 1 aromatic rings. The predicted octanol–water partition coefficient (Wildman–Crippen LogP) is 2.42. The number of rotatable bonds is 3. The van der Waals surface area contributed by atoms with Crippen molar-refractivity contribution in [3.05, 3.63) is 17.8 Å². The lowest BCUT2D eigenvalue weighted by atomic mass is 10.0. The molecule has 82 valence electrons. The molecule has 0 radical (unpaired) electrons. The number of carbonyl (C=O) groups excluding carboxylic acids is 1. The van der Waals surface area contributed by atoms with E-state index in [0.29, 0.717) is 18.1 Å². The highest BCUT2D eigenvalue weighted by Crippen LogP contribution is 2.31. The van der Waals surface area contributed by atoms with Crippen molar-refractivity contribution in [2.45, 2.75) is 32.1 Å². The highest BCUT2D eigenvalue weighted by atomic mass is 32.2. The topological polar surface area (TPSA) is 43.1 Å². The normalized spacial score (nSPS) is 17.9. The van der Waals surface area contributed by atoms with Gasteiger partial charge < -0.3 is 4.42 Å². The van der Waals surface area contributed by atoms with Gasteiger partial charge in [0.15, 0.2) is 5.89 Å². The van der Waals surface area contributed by atoms with Gasteiger partial charge in [-0.15, -0.1) is 0 Å². The molecule has 0 aliphatic carbocycles. The van der Waals surface area contributed by atoms with E-state index in [1.54, 1.807) is 13.1 Å². The van der Waals surface area contributed by atoms with Gasteiger partial charge in [0.05, 0.1) is 12.6 Å². The Morgan fingerprint density at radius 3 is 3.00 bits per heavy atom. The van der Waals surface area contributed by atoms with Crippen molar-refractivity contribution < 1.29 is 9.21 Å². The third-order valence-corrected chi connectivity index (χ3v) is 3.61. The Morgan fingerprint density at radius 1 is 1.60 bits per heavy atom. The Kier molecular flexibility index (Phi) is 3.46. The maximum Gasteiger partial charge on any atom is 0.197 e. The van der Waals surface area contributed by atoms with Crippen LogP contribution in [0.2, 0.25) is 0 Å². The van der Waals surface area contributed by atoms with Gasteiger partial charge in [0.2, 0.25) is 0 Å². The number of hydrogen-bond acceptors (Lipinski definition) is 4. The Labute approximate surface area is 93.6 Å². The lowest BCUT2D eigenvalue weighted by molar-refractivity contribution is -0.116. The molecule has 0 aromatic carbocycles. The number of hydrogen-bond donors (Lipinski definition) is 0. The zero-order valence-corrected chi connectivity index (χ0v) is 9.68. The van der Waals surface area contributed by atoms with Crippen molar-refractivity contribution in [1.29, 1.82) is 0 Å². The Bertz CT molecular complexity index is 342. The lowest BCUT2D eigenvalue weighted by Gasteiger charge is -2.17. The maximum absolute atomic E-state index is 10.9. The Hall–Kier alpha value is -0.770. The van der Waals surface area contributed by atoms with Gasteiger partial charge >= 0.3 is 0 Å². The first-order valence-corrected chi connectivity index (χ1v) is 6.43. The summed E-state index contributed by atoms with van der Waals surface area (Å²) in [6, 6.07) is 0. The molecule has 1 fully saturated rings. The molecule has 1 aliphatic rings. The summed E-state index contributed by atoms with van der Waals surface area (Å²) >= 11 is 1.99. The summed E-state index contributed by atoms with van der Waals surface area (Å²) in [5.74, 6) is 4.50. The van der Waals surface area contributed by atoms with Crippen molar-refractivity contribution in [2.75, 3.05) is 11.5 Å². The molecular weight excluding hydrogens is 210 g/mol. The number of thioether (sulfide) groups is 1. The number of oxazole rings is 1. The van der Waals surface area contributed by atoms with Crippen molar-refractivity contribution in [2.24, 2.45) is 0 Å². The molecule has 1 saturated heterocycles. The average Bonchev–Trinajstić information content (AvgIpc) is 2.67. The maximum atomic E-state index is 10.9. The van der Waals surface area contributed by atoms with Crippen LogP contribution in [0.5, 0.6) is 0 Å². The number of nitrogens with zero attached hydrogens (tertiary/aromatic N) is 1. The molecule has 0 bridgehead atoms. The SMILES string of the molecule is CC(=O)Cc1cnc(C2CCSCC2)o1. The number of carbonyl (C=O) groups is 1. The molecule has 1 aromatic heterocycles. The number of ketones is 1. The molecule has 2 heterocycles. The van der Waals surface area contributed by atoms with Gasteiger partial charge in [-0.1, -0.05) is 0 Å². The minimum Gasteiger partial charge on any atom is -0.445 e.